The van der Waals surface area contributed by atoms with Gasteiger partial charge in [0.2, 0.25) is 15.9 Å². The predicted molar refractivity (Wildman–Crippen MR) is 137 cm³/mol. The van der Waals surface area contributed by atoms with Crippen LogP contribution in [0.2, 0.25) is 0 Å². The van der Waals surface area contributed by atoms with Gasteiger partial charge in [-0.25, -0.2) is 12.8 Å². The van der Waals surface area contributed by atoms with Crippen molar-refractivity contribution in [3.63, 3.8) is 0 Å². The van der Waals surface area contributed by atoms with Crippen molar-refractivity contribution in [2.24, 2.45) is 5.73 Å². The van der Waals surface area contributed by atoms with Gasteiger partial charge in [0.15, 0.2) is 0 Å². The molecule has 186 valence electrons. The summed E-state index contributed by atoms with van der Waals surface area (Å²) in [6.07, 6.45) is 2.12. The first-order chi connectivity index (χ1) is 17.1. The number of hydrogen-bond donors (Lipinski definition) is 3. The summed E-state index contributed by atoms with van der Waals surface area (Å²) < 4.78 is 41.0. The SMILES string of the molecule is CC(=O)Nc1ccc(S(=O)(=O)N2CC=C(c3cc(-c4ccc(F)cc4)cc(C(N)=O)c3N)CC2)cc1. The number of nitrogens with one attached hydrogen (secondary N) is 1. The van der Waals surface area contributed by atoms with E-state index in [1.165, 1.54) is 47.6 Å². The van der Waals surface area contributed by atoms with Gasteiger partial charge in [0, 0.05) is 31.3 Å². The number of sulfonamides is 1. The number of halogens is 1. The summed E-state index contributed by atoms with van der Waals surface area (Å²) in [6, 6.07) is 15.2. The standard InChI is InChI=1S/C26H25FN4O4S/c1-16(32)30-21-6-8-22(9-7-21)36(34,35)31-12-10-18(11-13-31)23-14-19(15-24(25(23)28)26(29)33)17-2-4-20(27)5-3-17/h2-10,14-15H,11-13,28H2,1H3,(H2,29,33)(H,30,32). The smallest absolute Gasteiger partial charge is 0.250 e. The van der Waals surface area contributed by atoms with Crippen LogP contribution in [0.3, 0.4) is 0 Å². The Labute approximate surface area is 208 Å². The fourth-order valence-corrected chi connectivity index (χ4v) is 5.49. The van der Waals surface area contributed by atoms with Crippen LogP contribution in [0.15, 0.2) is 71.6 Å². The molecule has 4 rings (SSSR count). The van der Waals surface area contributed by atoms with E-state index in [0.717, 1.165) is 5.57 Å². The molecule has 1 aliphatic rings. The van der Waals surface area contributed by atoms with Crippen molar-refractivity contribution in [1.82, 2.24) is 4.31 Å². The molecule has 2 amide bonds. The highest BCUT2D eigenvalue weighted by molar-refractivity contribution is 7.89. The first kappa shape index (κ1) is 25.1. The Morgan fingerprint density at radius 1 is 1.00 bits per heavy atom. The second kappa shape index (κ2) is 9.92. The second-order valence-corrected chi connectivity index (χ2v) is 10.3. The van der Waals surface area contributed by atoms with Gasteiger partial charge < -0.3 is 16.8 Å². The minimum atomic E-state index is -3.76. The van der Waals surface area contributed by atoms with E-state index in [1.54, 1.807) is 30.3 Å². The van der Waals surface area contributed by atoms with Gasteiger partial charge in [-0.3, -0.25) is 9.59 Å². The van der Waals surface area contributed by atoms with Gasteiger partial charge in [-0.2, -0.15) is 4.31 Å². The third kappa shape index (κ3) is 5.14. The molecule has 0 aromatic heterocycles. The molecule has 0 aliphatic carbocycles. The van der Waals surface area contributed by atoms with Crippen molar-refractivity contribution < 1.29 is 22.4 Å². The molecule has 0 unspecified atom stereocenters. The molecule has 36 heavy (non-hydrogen) atoms. The molecule has 0 fully saturated rings. The first-order valence-electron chi connectivity index (χ1n) is 11.1. The van der Waals surface area contributed by atoms with Crippen LogP contribution in [0.1, 0.15) is 29.3 Å². The molecule has 0 atom stereocenters. The number of rotatable bonds is 6. The van der Waals surface area contributed by atoms with Crippen LogP contribution in [-0.2, 0) is 14.8 Å². The Morgan fingerprint density at radius 3 is 2.22 bits per heavy atom. The van der Waals surface area contributed by atoms with E-state index in [9.17, 15) is 22.4 Å². The van der Waals surface area contributed by atoms with Gasteiger partial charge >= 0.3 is 0 Å². The molecule has 10 heteroatoms. The number of carbonyl (C=O) groups is 2. The molecule has 0 saturated heterocycles. The van der Waals surface area contributed by atoms with E-state index < -0.39 is 15.9 Å². The van der Waals surface area contributed by atoms with Crippen LogP contribution in [0.25, 0.3) is 16.7 Å². The van der Waals surface area contributed by atoms with Crippen LogP contribution in [0.5, 0.6) is 0 Å². The number of amides is 2. The number of hydrogen-bond acceptors (Lipinski definition) is 5. The van der Waals surface area contributed by atoms with E-state index >= 15 is 0 Å². The molecule has 8 nitrogen and oxygen atoms in total. The van der Waals surface area contributed by atoms with Crippen molar-refractivity contribution in [3.05, 3.63) is 83.7 Å². The minimum absolute atomic E-state index is 0.108. The summed E-state index contributed by atoms with van der Waals surface area (Å²) in [4.78, 5) is 23.4. The Balaban J connectivity index is 1.63. The van der Waals surface area contributed by atoms with Crippen molar-refractivity contribution in [3.8, 4) is 11.1 Å². The van der Waals surface area contributed by atoms with Crippen molar-refractivity contribution in [2.75, 3.05) is 24.1 Å². The largest absolute Gasteiger partial charge is 0.398 e. The quantitative estimate of drug-likeness (QED) is 0.437. The maximum absolute atomic E-state index is 13.4. The maximum Gasteiger partial charge on any atom is 0.250 e. The van der Waals surface area contributed by atoms with Crippen LogP contribution in [0, 0.1) is 5.82 Å². The summed E-state index contributed by atoms with van der Waals surface area (Å²) >= 11 is 0. The Bertz CT molecular complexity index is 1470. The molecule has 3 aromatic carbocycles. The summed E-state index contributed by atoms with van der Waals surface area (Å²) in [5.74, 6) is -1.33. The summed E-state index contributed by atoms with van der Waals surface area (Å²) in [5, 5.41) is 2.60. The number of nitrogen functional groups attached to an aromatic ring is 1. The van der Waals surface area contributed by atoms with Gasteiger partial charge in [0.1, 0.15) is 5.82 Å². The third-order valence-corrected chi connectivity index (χ3v) is 7.83. The van der Waals surface area contributed by atoms with Crippen LogP contribution < -0.4 is 16.8 Å². The fourth-order valence-electron chi connectivity index (χ4n) is 4.11. The number of nitrogens with zero attached hydrogens (tertiary/aromatic N) is 1. The van der Waals surface area contributed by atoms with Gasteiger partial charge in [-0.05, 0) is 71.7 Å². The number of primary amides is 1. The van der Waals surface area contributed by atoms with E-state index in [4.69, 9.17) is 11.5 Å². The zero-order valence-corrected chi connectivity index (χ0v) is 20.3. The minimum Gasteiger partial charge on any atom is -0.398 e. The lowest BCUT2D eigenvalue weighted by molar-refractivity contribution is -0.114. The zero-order valence-electron chi connectivity index (χ0n) is 19.5. The Hall–Kier alpha value is -4.02. The van der Waals surface area contributed by atoms with Crippen LogP contribution >= 0.6 is 0 Å². The van der Waals surface area contributed by atoms with Gasteiger partial charge in [0.25, 0.3) is 5.91 Å². The third-order valence-electron chi connectivity index (χ3n) is 5.95. The van der Waals surface area contributed by atoms with E-state index in [0.29, 0.717) is 28.8 Å². The molecule has 0 radical (unpaired) electrons. The van der Waals surface area contributed by atoms with Gasteiger partial charge in [0.05, 0.1) is 16.1 Å². The van der Waals surface area contributed by atoms with Gasteiger partial charge in [-0.15, -0.1) is 0 Å². The normalized spacial score (nSPS) is 14.2. The average molecular weight is 509 g/mol. The molecule has 0 saturated carbocycles. The van der Waals surface area contributed by atoms with Crippen molar-refractivity contribution >= 4 is 38.8 Å². The van der Waals surface area contributed by atoms with Crippen LogP contribution in [0.4, 0.5) is 15.8 Å². The van der Waals surface area contributed by atoms with Crippen LogP contribution in [-0.4, -0.2) is 37.6 Å². The fraction of sp³-hybridized carbons (Fsp3) is 0.154. The predicted octanol–water partition coefficient (Wildman–Crippen LogP) is 3.61. The second-order valence-electron chi connectivity index (χ2n) is 8.40. The number of nitrogens with two attached hydrogens (primary N) is 2. The Morgan fingerprint density at radius 2 is 1.67 bits per heavy atom. The lowest BCUT2D eigenvalue weighted by Gasteiger charge is -2.27. The summed E-state index contributed by atoms with van der Waals surface area (Å²) in [7, 11) is -3.76. The van der Waals surface area contributed by atoms with E-state index in [2.05, 4.69) is 5.32 Å². The first-order valence-corrected chi connectivity index (χ1v) is 12.6. The Kier molecular flexibility index (Phi) is 6.91. The number of anilines is 2. The van der Waals surface area contributed by atoms with E-state index in [1.807, 2.05) is 0 Å². The van der Waals surface area contributed by atoms with Gasteiger partial charge in [-0.1, -0.05) is 18.2 Å². The number of benzene rings is 3. The molecule has 3 aromatic rings. The summed E-state index contributed by atoms with van der Waals surface area (Å²) in [6.45, 7) is 1.68. The lowest BCUT2D eigenvalue weighted by atomic mass is 9.91. The van der Waals surface area contributed by atoms with Crippen molar-refractivity contribution in [1.29, 1.82) is 0 Å². The molecule has 0 bridgehead atoms. The van der Waals surface area contributed by atoms with E-state index in [-0.39, 0.29) is 41.0 Å². The average Bonchev–Trinajstić information content (AvgIpc) is 2.84. The molecule has 1 aliphatic heterocycles. The lowest BCUT2D eigenvalue weighted by Crippen LogP contribution is -2.34. The highest BCUT2D eigenvalue weighted by Gasteiger charge is 2.27. The molecule has 5 N–H and O–H groups in total. The highest BCUT2D eigenvalue weighted by Crippen LogP contribution is 2.35. The maximum atomic E-state index is 13.4. The summed E-state index contributed by atoms with van der Waals surface area (Å²) in [5.41, 5.74) is 15.4. The zero-order chi connectivity index (χ0) is 26.0. The molecule has 0 spiro atoms. The highest BCUT2D eigenvalue weighted by atomic mass is 32.2. The molecule has 1 heterocycles. The topological polar surface area (TPSA) is 136 Å². The molecular formula is C26H25FN4O4S. The van der Waals surface area contributed by atoms with Crippen molar-refractivity contribution in [2.45, 2.75) is 18.2 Å². The monoisotopic (exact) mass is 508 g/mol. The molecular weight excluding hydrogens is 483 g/mol. The number of carbonyl (C=O) groups excluding carboxylic acids is 2.